The molecule has 4 aromatic rings. The number of nitrogens with two attached hydrogens (primary N) is 1. The fourth-order valence-electron chi connectivity index (χ4n) is 6.08. The molecule has 5 rings (SSSR count). The number of hydrogen-bond acceptors (Lipinski definition) is 8. The third-order valence-corrected chi connectivity index (χ3v) is 8.23. The molecular formula is C33H43FN6O3. The van der Waals surface area contributed by atoms with Crippen molar-refractivity contribution in [3.63, 3.8) is 0 Å². The van der Waals surface area contributed by atoms with Crippen LogP contribution in [0.5, 0.6) is 5.75 Å². The van der Waals surface area contributed by atoms with Crippen molar-refractivity contribution in [2.45, 2.75) is 77.2 Å². The first kappa shape index (κ1) is 30.7. The number of benzene rings is 2. The van der Waals surface area contributed by atoms with Gasteiger partial charge in [-0.15, -0.1) is 0 Å². The quantitative estimate of drug-likeness (QED) is 0.159. The zero-order valence-corrected chi connectivity index (χ0v) is 25.5. The van der Waals surface area contributed by atoms with Gasteiger partial charge in [0.05, 0.1) is 37.4 Å². The standard InChI is InChI=1S/C33H43FN6O3/c1-6-7-26(20(2)19-41)37-31-30-29(38-32(35)39-31)25-15-23(34)9-10-27(25)40(30)18-22-14-21(8-11-28(22)42-5)17-36-24-12-13-43-33(3,4)16-24/h8-11,14-15,24,26,36,41H,2,6-7,12-13,16-19H2,1,3-5H3,(H3,35,37,38,39)/t24?,26-/m0/s1. The topological polar surface area (TPSA) is 119 Å². The van der Waals surface area contributed by atoms with Gasteiger partial charge in [-0.2, -0.15) is 4.98 Å². The van der Waals surface area contributed by atoms with Crippen molar-refractivity contribution in [2.75, 3.05) is 31.4 Å². The molecule has 3 heterocycles. The van der Waals surface area contributed by atoms with Crippen molar-refractivity contribution < 1.29 is 19.0 Å². The minimum atomic E-state index is -0.363. The Morgan fingerprint density at radius 1 is 1.28 bits per heavy atom. The van der Waals surface area contributed by atoms with Gasteiger partial charge in [0.1, 0.15) is 22.6 Å². The van der Waals surface area contributed by atoms with Crippen molar-refractivity contribution in [2.24, 2.45) is 0 Å². The van der Waals surface area contributed by atoms with Gasteiger partial charge in [0, 0.05) is 30.1 Å². The van der Waals surface area contributed by atoms with Crippen LogP contribution in [0.4, 0.5) is 16.2 Å². The average molecular weight is 591 g/mol. The number of halogens is 1. The number of ether oxygens (including phenoxy) is 2. The van der Waals surface area contributed by atoms with Crippen LogP contribution in [0, 0.1) is 5.82 Å². The zero-order valence-electron chi connectivity index (χ0n) is 25.5. The highest BCUT2D eigenvalue weighted by molar-refractivity contribution is 6.09. The Morgan fingerprint density at radius 2 is 2.09 bits per heavy atom. The molecule has 1 aliphatic rings. The van der Waals surface area contributed by atoms with Gasteiger partial charge in [-0.25, -0.2) is 9.37 Å². The first-order valence-electron chi connectivity index (χ1n) is 15.0. The van der Waals surface area contributed by atoms with Crippen LogP contribution in [0.25, 0.3) is 21.9 Å². The van der Waals surface area contributed by atoms with E-state index in [9.17, 15) is 9.50 Å². The number of nitrogens with zero attached hydrogens (tertiary/aromatic N) is 3. The monoisotopic (exact) mass is 590 g/mol. The Balaban J connectivity index is 1.56. The lowest BCUT2D eigenvalue weighted by Gasteiger charge is -2.36. The van der Waals surface area contributed by atoms with Gasteiger partial charge in [0.2, 0.25) is 5.95 Å². The summed E-state index contributed by atoms with van der Waals surface area (Å²) in [6, 6.07) is 11.0. The molecular weight excluding hydrogens is 547 g/mol. The summed E-state index contributed by atoms with van der Waals surface area (Å²) < 4.78 is 28.3. The third-order valence-electron chi connectivity index (χ3n) is 8.23. The maximum Gasteiger partial charge on any atom is 0.222 e. The molecule has 0 radical (unpaired) electrons. The molecule has 0 bridgehead atoms. The largest absolute Gasteiger partial charge is 0.496 e. The third kappa shape index (κ3) is 6.76. The molecule has 2 atom stereocenters. The number of methoxy groups -OCH3 is 1. The van der Waals surface area contributed by atoms with Crippen LogP contribution in [0.1, 0.15) is 57.6 Å². The summed E-state index contributed by atoms with van der Waals surface area (Å²) in [7, 11) is 1.66. The van der Waals surface area contributed by atoms with Crippen molar-refractivity contribution >= 4 is 33.7 Å². The number of rotatable bonds is 12. The predicted octanol–water partition coefficient (Wildman–Crippen LogP) is 5.54. The first-order valence-corrected chi connectivity index (χ1v) is 15.0. The van der Waals surface area contributed by atoms with Gasteiger partial charge >= 0.3 is 0 Å². The lowest BCUT2D eigenvalue weighted by molar-refractivity contribution is -0.0630. The number of hydrogen-bond donors (Lipinski definition) is 4. The van der Waals surface area contributed by atoms with Crippen LogP contribution in [-0.4, -0.2) is 57.6 Å². The second kappa shape index (κ2) is 12.9. The predicted molar refractivity (Wildman–Crippen MR) is 170 cm³/mol. The highest BCUT2D eigenvalue weighted by Crippen LogP contribution is 2.35. The highest BCUT2D eigenvalue weighted by Gasteiger charge is 2.28. The van der Waals surface area contributed by atoms with E-state index in [0.717, 1.165) is 54.7 Å². The second-order valence-corrected chi connectivity index (χ2v) is 12.0. The number of nitrogens with one attached hydrogen (secondary N) is 2. The fourth-order valence-corrected chi connectivity index (χ4v) is 6.08. The van der Waals surface area contributed by atoms with Crippen LogP contribution >= 0.6 is 0 Å². The van der Waals surface area contributed by atoms with E-state index in [-0.39, 0.29) is 30.0 Å². The molecule has 9 nitrogen and oxygen atoms in total. The van der Waals surface area contributed by atoms with E-state index < -0.39 is 0 Å². The summed E-state index contributed by atoms with van der Waals surface area (Å²) in [5.74, 6) is 0.963. The molecule has 230 valence electrons. The van der Waals surface area contributed by atoms with Crippen molar-refractivity contribution in [1.82, 2.24) is 19.9 Å². The molecule has 0 saturated carbocycles. The van der Waals surface area contributed by atoms with Crippen LogP contribution in [0.15, 0.2) is 48.6 Å². The summed E-state index contributed by atoms with van der Waals surface area (Å²) in [6.07, 6.45) is 3.55. The fraction of sp³-hybridized carbons (Fsp3) is 0.455. The minimum absolute atomic E-state index is 0.0742. The highest BCUT2D eigenvalue weighted by atomic mass is 19.1. The van der Waals surface area contributed by atoms with Crippen LogP contribution in [0.2, 0.25) is 0 Å². The molecule has 0 aliphatic carbocycles. The molecule has 1 aliphatic heterocycles. The molecule has 1 saturated heterocycles. The Labute approximate surface area is 252 Å². The Hall–Kier alpha value is -3.73. The number of aliphatic hydroxyl groups excluding tert-OH is 1. The van der Waals surface area contributed by atoms with Gasteiger partial charge in [-0.3, -0.25) is 0 Å². The Morgan fingerprint density at radius 3 is 2.81 bits per heavy atom. The lowest BCUT2D eigenvalue weighted by atomic mass is 9.94. The zero-order chi connectivity index (χ0) is 30.7. The first-order chi connectivity index (χ1) is 20.6. The lowest BCUT2D eigenvalue weighted by Crippen LogP contribution is -2.43. The van der Waals surface area contributed by atoms with Crippen LogP contribution < -0.4 is 21.1 Å². The molecule has 0 spiro atoms. The van der Waals surface area contributed by atoms with E-state index in [0.29, 0.717) is 46.9 Å². The average Bonchev–Trinajstić information content (AvgIpc) is 3.27. The number of fused-ring (bicyclic) bond motifs is 3. The van der Waals surface area contributed by atoms with E-state index in [1.807, 2.05) is 6.07 Å². The van der Waals surface area contributed by atoms with Crippen LogP contribution in [0.3, 0.4) is 0 Å². The van der Waals surface area contributed by atoms with Crippen LogP contribution in [-0.2, 0) is 17.8 Å². The Kier molecular flexibility index (Phi) is 9.19. The summed E-state index contributed by atoms with van der Waals surface area (Å²) >= 11 is 0. The molecule has 1 unspecified atom stereocenters. The molecule has 1 fully saturated rings. The van der Waals surface area contributed by atoms with Crippen molar-refractivity contribution in [3.05, 3.63) is 65.5 Å². The normalized spacial score (nSPS) is 17.3. The maximum absolute atomic E-state index is 14.5. The Bertz CT molecular complexity index is 1620. The van der Waals surface area contributed by atoms with Crippen molar-refractivity contribution in [3.8, 4) is 5.75 Å². The van der Waals surface area contributed by atoms with E-state index in [1.165, 1.54) is 12.1 Å². The molecule has 43 heavy (non-hydrogen) atoms. The van der Waals surface area contributed by atoms with Gasteiger partial charge in [0.25, 0.3) is 0 Å². The summed E-state index contributed by atoms with van der Waals surface area (Å²) in [4.78, 5) is 9.13. The summed E-state index contributed by atoms with van der Waals surface area (Å²) in [5.41, 5.74) is 10.8. The SMILES string of the molecule is C=C(CO)[C@H](CCC)Nc1nc(N)nc2c3cc(F)ccc3n(Cc3cc(CNC4CCOC(C)(C)C4)ccc3OC)c12. The van der Waals surface area contributed by atoms with E-state index >= 15 is 0 Å². The van der Waals surface area contributed by atoms with Gasteiger partial charge < -0.3 is 35.5 Å². The number of nitrogen functional groups attached to an aromatic ring is 1. The number of aromatic nitrogens is 3. The number of anilines is 2. The molecule has 2 aromatic heterocycles. The molecule has 5 N–H and O–H groups in total. The molecule has 10 heteroatoms. The van der Waals surface area contributed by atoms with Gasteiger partial charge in [-0.1, -0.05) is 26.0 Å². The van der Waals surface area contributed by atoms with Crippen molar-refractivity contribution in [1.29, 1.82) is 0 Å². The van der Waals surface area contributed by atoms with E-state index in [4.69, 9.17) is 15.2 Å². The summed E-state index contributed by atoms with van der Waals surface area (Å²) in [5, 5.41) is 17.6. The van der Waals surface area contributed by atoms with E-state index in [2.05, 4.69) is 64.7 Å². The molecule has 0 amide bonds. The number of aliphatic hydroxyl groups is 1. The molecule has 2 aromatic carbocycles. The summed E-state index contributed by atoms with van der Waals surface area (Å²) in [6.45, 7) is 12.1. The maximum atomic E-state index is 14.5. The smallest absolute Gasteiger partial charge is 0.222 e. The minimum Gasteiger partial charge on any atom is -0.496 e. The van der Waals surface area contributed by atoms with E-state index in [1.54, 1.807) is 13.2 Å². The van der Waals surface area contributed by atoms with Gasteiger partial charge in [0.15, 0.2) is 5.82 Å². The van der Waals surface area contributed by atoms with Gasteiger partial charge in [-0.05, 0) is 74.6 Å². The second-order valence-electron chi connectivity index (χ2n) is 12.0.